The van der Waals surface area contributed by atoms with Crippen LogP contribution < -0.4 is 5.73 Å². The molecular weight excluding hydrogens is 275 g/mol. The molecule has 0 heterocycles. The van der Waals surface area contributed by atoms with Crippen LogP contribution in [0, 0.1) is 0 Å². The molecule has 2 N–H and O–H groups in total. The van der Waals surface area contributed by atoms with Gasteiger partial charge in [0.2, 0.25) is 0 Å². The zero-order valence-corrected chi connectivity index (χ0v) is 11.0. The van der Waals surface area contributed by atoms with Crippen LogP contribution in [0.1, 0.15) is 5.56 Å². The van der Waals surface area contributed by atoms with Gasteiger partial charge >= 0.3 is 6.18 Å². The predicted molar refractivity (Wildman–Crippen MR) is 78.8 cm³/mol. The highest BCUT2D eigenvalue weighted by Crippen LogP contribution is 2.35. The molecular formula is C17H12F3N. The van der Waals surface area contributed by atoms with Crippen LogP contribution in [0.25, 0.3) is 21.9 Å². The van der Waals surface area contributed by atoms with Crippen LogP contribution in [0.4, 0.5) is 18.9 Å². The maximum atomic E-state index is 12.7. The summed E-state index contributed by atoms with van der Waals surface area (Å²) in [4.78, 5) is 0. The summed E-state index contributed by atoms with van der Waals surface area (Å²) in [6.45, 7) is 0. The monoisotopic (exact) mass is 287 g/mol. The summed E-state index contributed by atoms with van der Waals surface area (Å²) in [7, 11) is 0. The van der Waals surface area contributed by atoms with Gasteiger partial charge in [0.15, 0.2) is 0 Å². The van der Waals surface area contributed by atoms with E-state index in [1.165, 1.54) is 6.07 Å². The summed E-state index contributed by atoms with van der Waals surface area (Å²) in [5, 5.41) is 2.10. The first kappa shape index (κ1) is 13.5. The topological polar surface area (TPSA) is 26.0 Å². The van der Waals surface area contributed by atoms with Gasteiger partial charge in [0.25, 0.3) is 0 Å². The van der Waals surface area contributed by atoms with Crippen LogP contribution >= 0.6 is 0 Å². The lowest BCUT2D eigenvalue weighted by Crippen LogP contribution is -2.05. The van der Waals surface area contributed by atoms with Gasteiger partial charge in [-0.3, -0.25) is 0 Å². The molecule has 0 saturated carbocycles. The molecule has 1 nitrogen and oxygen atoms in total. The molecule has 3 aromatic carbocycles. The first-order valence-electron chi connectivity index (χ1n) is 6.41. The SMILES string of the molecule is Nc1cc(C(F)(F)F)ccc1-c1ccc2ccccc2c1. The van der Waals surface area contributed by atoms with Crippen LogP contribution in [0.15, 0.2) is 60.7 Å². The van der Waals surface area contributed by atoms with Crippen molar-refractivity contribution in [1.82, 2.24) is 0 Å². The highest BCUT2D eigenvalue weighted by molar-refractivity contribution is 5.89. The van der Waals surface area contributed by atoms with E-state index in [1.807, 2.05) is 42.5 Å². The first-order valence-corrected chi connectivity index (χ1v) is 6.41. The summed E-state index contributed by atoms with van der Waals surface area (Å²) < 4.78 is 38.0. The number of halogens is 3. The predicted octanol–water partition coefficient (Wildman–Crippen LogP) is 5.11. The number of benzene rings is 3. The van der Waals surface area contributed by atoms with E-state index in [0.717, 1.165) is 28.5 Å². The zero-order chi connectivity index (χ0) is 15.0. The Bertz CT molecular complexity index is 806. The molecule has 0 fully saturated rings. The van der Waals surface area contributed by atoms with E-state index in [1.54, 1.807) is 0 Å². The van der Waals surface area contributed by atoms with Crippen molar-refractivity contribution in [3.05, 3.63) is 66.2 Å². The molecule has 0 radical (unpaired) electrons. The maximum Gasteiger partial charge on any atom is 0.416 e. The van der Waals surface area contributed by atoms with Crippen molar-refractivity contribution in [2.24, 2.45) is 0 Å². The number of nitrogen functional groups attached to an aromatic ring is 1. The summed E-state index contributed by atoms with van der Waals surface area (Å²) in [6, 6.07) is 17.0. The van der Waals surface area contributed by atoms with Crippen LogP contribution in [0.3, 0.4) is 0 Å². The Hall–Kier alpha value is -2.49. The molecule has 0 amide bonds. The maximum absolute atomic E-state index is 12.7. The van der Waals surface area contributed by atoms with Crippen molar-refractivity contribution in [3.63, 3.8) is 0 Å². The largest absolute Gasteiger partial charge is 0.416 e. The van der Waals surface area contributed by atoms with E-state index < -0.39 is 11.7 Å². The third-order valence-corrected chi connectivity index (χ3v) is 3.44. The van der Waals surface area contributed by atoms with Crippen molar-refractivity contribution < 1.29 is 13.2 Å². The molecule has 4 heteroatoms. The summed E-state index contributed by atoms with van der Waals surface area (Å²) in [5.74, 6) is 0. The van der Waals surface area contributed by atoms with Gasteiger partial charge in [-0.25, -0.2) is 0 Å². The second-order valence-electron chi connectivity index (χ2n) is 4.86. The third-order valence-electron chi connectivity index (χ3n) is 3.44. The Kier molecular flexibility index (Phi) is 3.09. The van der Waals surface area contributed by atoms with Gasteiger partial charge in [-0.05, 0) is 34.5 Å². The van der Waals surface area contributed by atoms with Gasteiger partial charge in [0, 0.05) is 11.3 Å². The molecule has 0 aliphatic carbocycles. The normalized spacial score (nSPS) is 11.8. The minimum absolute atomic E-state index is 0.125. The molecule has 0 bridgehead atoms. The molecule has 0 atom stereocenters. The van der Waals surface area contributed by atoms with Crippen molar-refractivity contribution in [3.8, 4) is 11.1 Å². The molecule has 0 aliphatic rings. The average molecular weight is 287 g/mol. The molecule has 0 unspecified atom stereocenters. The summed E-state index contributed by atoms with van der Waals surface area (Å²) in [6.07, 6.45) is -4.38. The first-order chi connectivity index (χ1) is 9.95. The van der Waals surface area contributed by atoms with E-state index in [0.29, 0.717) is 5.56 Å². The second kappa shape index (κ2) is 4.81. The fourth-order valence-corrected chi connectivity index (χ4v) is 2.36. The molecule has 0 aromatic heterocycles. The van der Waals surface area contributed by atoms with Gasteiger partial charge in [-0.2, -0.15) is 13.2 Å². The highest BCUT2D eigenvalue weighted by atomic mass is 19.4. The molecule has 0 spiro atoms. The van der Waals surface area contributed by atoms with Gasteiger partial charge in [-0.1, -0.05) is 42.5 Å². The molecule has 3 aromatic rings. The lowest BCUT2D eigenvalue weighted by molar-refractivity contribution is -0.137. The van der Waals surface area contributed by atoms with E-state index in [2.05, 4.69) is 0 Å². The molecule has 21 heavy (non-hydrogen) atoms. The standard InChI is InChI=1S/C17H12F3N/c18-17(19,20)14-7-8-15(16(21)10-14)13-6-5-11-3-1-2-4-12(11)9-13/h1-10H,21H2. The Morgan fingerprint density at radius 1 is 0.762 bits per heavy atom. The number of alkyl halides is 3. The third kappa shape index (κ3) is 2.57. The smallest absolute Gasteiger partial charge is 0.398 e. The number of hydrogen-bond donors (Lipinski definition) is 1. The fourth-order valence-electron chi connectivity index (χ4n) is 2.36. The number of fused-ring (bicyclic) bond motifs is 1. The summed E-state index contributed by atoms with van der Waals surface area (Å²) in [5.41, 5.74) is 6.60. The molecule has 0 aliphatic heterocycles. The number of anilines is 1. The molecule has 106 valence electrons. The zero-order valence-electron chi connectivity index (χ0n) is 11.0. The van der Waals surface area contributed by atoms with Crippen LogP contribution in [-0.4, -0.2) is 0 Å². The van der Waals surface area contributed by atoms with E-state index >= 15 is 0 Å². The van der Waals surface area contributed by atoms with Crippen LogP contribution in [0.2, 0.25) is 0 Å². The van der Waals surface area contributed by atoms with Crippen molar-refractivity contribution >= 4 is 16.5 Å². The van der Waals surface area contributed by atoms with Crippen molar-refractivity contribution in [2.45, 2.75) is 6.18 Å². The minimum atomic E-state index is -4.38. The second-order valence-corrected chi connectivity index (χ2v) is 4.86. The fraction of sp³-hybridized carbons (Fsp3) is 0.0588. The number of nitrogens with two attached hydrogens (primary N) is 1. The Labute approximate surface area is 119 Å². The van der Waals surface area contributed by atoms with E-state index in [9.17, 15) is 13.2 Å². The molecule has 0 saturated heterocycles. The van der Waals surface area contributed by atoms with E-state index in [-0.39, 0.29) is 5.69 Å². The number of hydrogen-bond acceptors (Lipinski definition) is 1. The lowest BCUT2D eigenvalue weighted by Gasteiger charge is -2.11. The number of rotatable bonds is 1. The van der Waals surface area contributed by atoms with E-state index in [4.69, 9.17) is 5.73 Å². The Balaban J connectivity index is 2.10. The van der Waals surface area contributed by atoms with Gasteiger partial charge in [-0.15, -0.1) is 0 Å². The average Bonchev–Trinajstić information content (AvgIpc) is 2.45. The van der Waals surface area contributed by atoms with Crippen LogP contribution in [-0.2, 0) is 6.18 Å². The quantitative estimate of drug-likeness (QED) is 0.618. The van der Waals surface area contributed by atoms with Crippen molar-refractivity contribution in [1.29, 1.82) is 0 Å². The minimum Gasteiger partial charge on any atom is -0.398 e. The lowest BCUT2D eigenvalue weighted by atomic mass is 9.98. The Morgan fingerprint density at radius 2 is 1.48 bits per heavy atom. The van der Waals surface area contributed by atoms with Gasteiger partial charge in [0.1, 0.15) is 0 Å². The Morgan fingerprint density at radius 3 is 2.14 bits per heavy atom. The van der Waals surface area contributed by atoms with Gasteiger partial charge in [0.05, 0.1) is 5.56 Å². The van der Waals surface area contributed by atoms with Crippen molar-refractivity contribution in [2.75, 3.05) is 5.73 Å². The van der Waals surface area contributed by atoms with Gasteiger partial charge < -0.3 is 5.73 Å². The summed E-state index contributed by atoms with van der Waals surface area (Å²) >= 11 is 0. The molecule has 3 rings (SSSR count). The highest BCUT2D eigenvalue weighted by Gasteiger charge is 2.30. The van der Waals surface area contributed by atoms with Crippen LogP contribution in [0.5, 0.6) is 0 Å².